The second-order valence-electron chi connectivity index (χ2n) is 3.64. The Hall–Kier alpha value is -0.660. The van der Waals surface area contributed by atoms with Crippen LogP contribution in [0, 0.1) is 0 Å². The first kappa shape index (κ1) is 9.88. The molecule has 1 heterocycles. The maximum absolute atomic E-state index is 6.08. The van der Waals surface area contributed by atoms with Crippen LogP contribution in [0.1, 0.15) is 19.9 Å². The Balaban J connectivity index is 2.78. The zero-order valence-corrected chi connectivity index (χ0v) is 9.60. The molecule has 0 radical (unpaired) electrons. The highest BCUT2D eigenvalue weighted by Gasteiger charge is 2.07. The summed E-state index contributed by atoms with van der Waals surface area (Å²) in [5, 5.41) is 2.46. The zero-order valence-electron chi connectivity index (χ0n) is 8.09. The Bertz CT molecular complexity index is 471. The Kier molecular flexibility index (Phi) is 2.46. The van der Waals surface area contributed by atoms with Crippen LogP contribution in [0.25, 0.3) is 10.9 Å². The molecular formula is C11H11Cl2N. The van der Waals surface area contributed by atoms with Crippen LogP contribution in [0.2, 0.25) is 10.0 Å². The normalized spacial score (nSPS) is 11.5. The third-order valence-corrected chi connectivity index (χ3v) is 2.84. The van der Waals surface area contributed by atoms with Gasteiger partial charge < -0.3 is 4.57 Å². The van der Waals surface area contributed by atoms with Crippen molar-refractivity contribution in [1.82, 2.24) is 4.57 Å². The van der Waals surface area contributed by atoms with Crippen LogP contribution in [0.5, 0.6) is 0 Å². The van der Waals surface area contributed by atoms with E-state index in [1.165, 1.54) is 0 Å². The Morgan fingerprint density at radius 1 is 1.21 bits per heavy atom. The minimum atomic E-state index is 0.419. The van der Waals surface area contributed by atoms with Crippen LogP contribution in [0.4, 0.5) is 0 Å². The van der Waals surface area contributed by atoms with E-state index >= 15 is 0 Å². The molecule has 0 saturated carbocycles. The fourth-order valence-electron chi connectivity index (χ4n) is 1.64. The van der Waals surface area contributed by atoms with E-state index in [9.17, 15) is 0 Å². The van der Waals surface area contributed by atoms with Crippen molar-refractivity contribution in [3.63, 3.8) is 0 Å². The summed E-state index contributed by atoms with van der Waals surface area (Å²) < 4.78 is 2.16. The van der Waals surface area contributed by atoms with Gasteiger partial charge in [-0.3, -0.25) is 0 Å². The lowest BCUT2D eigenvalue weighted by Gasteiger charge is -2.09. The van der Waals surface area contributed by atoms with Gasteiger partial charge in [-0.25, -0.2) is 0 Å². The van der Waals surface area contributed by atoms with Crippen molar-refractivity contribution in [3.8, 4) is 0 Å². The molecule has 74 valence electrons. The zero-order chi connectivity index (χ0) is 10.3. The summed E-state index contributed by atoms with van der Waals surface area (Å²) in [6.45, 7) is 4.27. The van der Waals surface area contributed by atoms with E-state index in [-0.39, 0.29) is 0 Å². The van der Waals surface area contributed by atoms with E-state index in [2.05, 4.69) is 18.4 Å². The molecule has 0 aliphatic heterocycles. The van der Waals surface area contributed by atoms with E-state index < -0.39 is 0 Å². The number of rotatable bonds is 1. The number of fused-ring (bicyclic) bond motifs is 1. The van der Waals surface area contributed by atoms with Crippen LogP contribution in [-0.4, -0.2) is 4.57 Å². The average Bonchev–Trinajstić information content (AvgIpc) is 2.47. The summed E-state index contributed by atoms with van der Waals surface area (Å²) >= 11 is 12.0. The largest absolute Gasteiger partial charge is 0.345 e. The lowest BCUT2D eigenvalue weighted by molar-refractivity contribution is 0.623. The highest BCUT2D eigenvalue weighted by Crippen LogP contribution is 2.30. The van der Waals surface area contributed by atoms with E-state index in [0.717, 1.165) is 10.9 Å². The topological polar surface area (TPSA) is 4.93 Å². The molecule has 3 heteroatoms. The van der Waals surface area contributed by atoms with Gasteiger partial charge in [0.2, 0.25) is 0 Å². The molecule has 0 unspecified atom stereocenters. The molecular weight excluding hydrogens is 217 g/mol. The standard InChI is InChI=1S/C11H11Cl2N/c1-7(2)14-4-3-9-10(13)5-8(12)6-11(9)14/h3-7H,1-2H3. The minimum Gasteiger partial charge on any atom is -0.345 e. The van der Waals surface area contributed by atoms with Crippen molar-refractivity contribution in [2.75, 3.05) is 0 Å². The van der Waals surface area contributed by atoms with E-state index in [1.54, 1.807) is 6.07 Å². The predicted octanol–water partition coefficient (Wildman–Crippen LogP) is 4.53. The molecule has 0 bridgehead atoms. The van der Waals surface area contributed by atoms with Gasteiger partial charge in [0.25, 0.3) is 0 Å². The molecule has 0 spiro atoms. The first-order chi connectivity index (χ1) is 6.59. The Labute approximate surface area is 93.2 Å². The first-order valence-corrected chi connectivity index (χ1v) is 5.31. The van der Waals surface area contributed by atoms with Crippen molar-refractivity contribution >= 4 is 34.1 Å². The summed E-state index contributed by atoms with van der Waals surface area (Å²) in [5.74, 6) is 0. The van der Waals surface area contributed by atoms with Crippen LogP contribution in [0.15, 0.2) is 24.4 Å². The Morgan fingerprint density at radius 2 is 1.93 bits per heavy atom. The molecule has 0 aliphatic rings. The summed E-state index contributed by atoms with van der Waals surface area (Å²) in [6, 6.07) is 6.16. The Morgan fingerprint density at radius 3 is 2.57 bits per heavy atom. The van der Waals surface area contributed by atoms with Crippen molar-refractivity contribution < 1.29 is 0 Å². The SMILES string of the molecule is CC(C)n1ccc2c(Cl)cc(Cl)cc21. The number of hydrogen-bond acceptors (Lipinski definition) is 0. The lowest BCUT2D eigenvalue weighted by atomic mass is 10.2. The molecule has 2 rings (SSSR count). The molecule has 2 aromatic rings. The fraction of sp³-hybridized carbons (Fsp3) is 0.273. The van der Waals surface area contributed by atoms with Gasteiger partial charge in [0.1, 0.15) is 0 Å². The van der Waals surface area contributed by atoms with Crippen molar-refractivity contribution in [2.45, 2.75) is 19.9 Å². The smallest absolute Gasteiger partial charge is 0.0514 e. The summed E-state index contributed by atoms with van der Waals surface area (Å²) in [7, 11) is 0. The van der Waals surface area contributed by atoms with Gasteiger partial charge in [-0.2, -0.15) is 0 Å². The number of hydrogen-bond donors (Lipinski definition) is 0. The summed E-state index contributed by atoms with van der Waals surface area (Å²) in [4.78, 5) is 0. The molecule has 1 nitrogen and oxygen atoms in total. The van der Waals surface area contributed by atoms with Crippen LogP contribution in [-0.2, 0) is 0 Å². The highest BCUT2D eigenvalue weighted by atomic mass is 35.5. The quantitative estimate of drug-likeness (QED) is 0.675. The van der Waals surface area contributed by atoms with E-state index in [0.29, 0.717) is 16.1 Å². The molecule has 0 aliphatic carbocycles. The summed E-state index contributed by atoms with van der Waals surface area (Å²) in [5.41, 5.74) is 1.09. The number of aromatic nitrogens is 1. The van der Waals surface area contributed by atoms with Crippen LogP contribution >= 0.6 is 23.2 Å². The van der Waals surface area contributed by atoms with E-state index in [4.69, 9.17) is 23.2 Å². The molecule has 1 aromatic carbocycles. The molecule has 0 fully saturated rings. The third-order valence-electron chi connectivity index (χ3n) is 2.31. The molecule has 0 atom stereocenters. The van der Waals surface area contributed by atoms with Gasteiger partial charge >= 0.3 is 0 Å². The van der Waals surface area contributed by atoms with Gasteiger partial charge in [-0.1, -0.05) is 23.2 Å². The van der Waals surface area contributed by atoms with Gasteiger partial charge in [0.05, 0.1) is 10.5 Å². The second kappa shape index (κ2) is 3.48. The first-order valence-electron chi connectivity index (χ1n) is 4.55. The number of nitrogens with zero attached hydrogens (tertiary/aromatic N) is 1. The number of benzene rings is 1. The van der Waals surface area contributed by atoms with Crippen LogP contribution < -0.4 is 0 Å². The van der Waals surface area contributed by atoms with Crippen LogP contribution in [0.3, 0.4) is 0 Å². The van der Waals surface area contributed by atoms with Crippen molar-refractivity contribution in [3.05, 3.63) is 34.4 Å². The second-order valence-corrected chi connectivity index (χ2v) is 4.48. The predicted molar refractivity (Wildman–Crippen MR) is 62.3 cm³/mol. The molecule has 0 N–H and O–H groups in total. The highest BCUT2D eigenvalue weighted by molar-refractivity contribution is 6.38. The molecule has 0 saturated heterocycles. The average molecular weight is 228 g/mol. The van der Waals surface area contributed by atoms with E-state index in [1.807, 2.05) is 18.3 Å². The third kappa shape index (κ3) is 1.51. The molecule has 1 aromatic heterocycles. The van der Waals surface area contributed by atoms with Crippen molar-refractivity contribution in [1.29, 1.82) is 0 Å². The lowest BCUT2D eigenvalue weighted by Crippen LogP contribution is -1.97. The van der Waals surface area contributed by atoms with Gasteiger partial charge in [0, 0.05) is 22.6 Å². The summed E-state index contributed by atoms with van der Waals surface area (Å²) in [6.07, 6.45) is 2.04. The van der Waals surface area contributed by atoms with Gasteiger partial charge in [0.15, 0.2) is 0 Å². The maximum atomic E-state index is 6.08. The van der Waals surface area contributed by atoms with Gasteiger partial charge in [-0.05, 0) is 32.0 Å². The van der Waals surface area contributed by atoms with Crippen molar-refractivity contribution in [2.24, 2.45) is 0 Å². The molecule has 0 amide bonds. The number of halogens is 2. The monoisotopic (exact) mass is 227 g/mol. The maximum Gasteiger partial charge on any atom is 0.0514 e. The fourth-order valence-corrected chi connectivity index (χ4v) is 2.18. The minimum absolute atomic E-state index is 0.419. The van der Waals surface area contributed by atoms with Gasteiger partial charge in [-0.15, -0.1) is 0 Å². The molecule has 14 heavy (non-hydrogen) atoms.